The number of urea groups is 1. The van der Waals surface area contributed by atoms with Crippen LogP contribution in [0.25, 0.3) is 0 Å². The lowest BCUT2D eigenvalue weighted by atomic mass is 9.68. The molecular formula is C28H36N4O6. The van der Waals surface area contributed by atoms with Gasteiger partial charge in [-0.25, -0.2) is 4.79 Å². The number of anilines is 1. The van der Waals surface area contributed by atoms with Gasteiger partial charge in [0, 0.05) is 29.9 Å². The van der Waals surface area contributed by atoms with Crippen LogP contribution in [0.1, 0.15) is 74.8 Å². The van der Waals surface area contributed by atoms with Gasteiger partial charge in [-0.2, -0.15) is 0 Å². The van der Waals surface area contributed by atoms with E-state index in [9.17, 15) is 24.5 Å². The van der Waals surface area contributed by atoms with Gasteiger partial charge in [0.25, 0.3) is 11.6 Å². The number of aliphatic carboxylic acids is 1. The number of hydrogen-bond acceptors (Lipinski definition) is 5. The zero-order valence-corrected chi connectivity index (χ0v) is 22.0. The van der Waals surface area contributed by atoms with Gasteiger partial charge in [0.1, 0.15) is 0 Å². The summed E-state index contributed by atoms with van der Waals surface area (Å²) in [4.78, 5) is 46.4. The molecule has 0 aliphatic heterocycles. The minimum absolute atomic E-state index is 0.0416. The second kappa shape index (κ2) is 12.5. The molecule has 0 spiro atoms. The number of nitro groups is 1. The molecule has 3 rings (SSSR count). The van der Waals surface area contributed by atoms with Crippen LogP contribution in [0, 0.1) is 27.4 Å². The van der Waals surface area contributed by atoms with Crippen molar-refractivity contribution in [2.45, 2.75) is 58.9 Å². The molecular weight excluding hydrogens is 488 g/mol. The van der Waals surface area contributed by atoms with Crippen molar-refractivity contribution in [1.82, 2.24) is 10.6 Å². The molecule has 1 aliphatic rings. The average molecular weight is 525 g/mol. The lowest BCUT2D eigenvalue weighted by molar-refractivity contribution is -0.384. The number of hydrogen-bond donors (Lipinski definition) is 4. The van der Waals surface area contributed by atoms with Gasteiger partial charge >= 0.3 is 12.0 Å². The van der Waals surface area contributed by atoms with Crippen LogP contribution in [-0.2, 0) is 4.79 Å². The summed E-state index contributed by atoms with van der Waals surface area (Å²) in [5.74, 6) is -0.539. The summed E-state index contributed by atoms with van der Waals surface area (Å²) in [5.41, 5.74) is 1.87. The van der Waals surface area contributed by atoms with E-state index < -0.39 is 16.9 Å². The van der Waals surface area contributed by atoms with Crippen LogP contribution in [0.5, 0.6) is 0 Å². The highest BCUT2D eigenvalue weighted by atomic mass is 16.6. The van der Waals surface area contributed by atoms with Gasteiger partial charge in [0.05, 0.1) is 17.4 Å². The van der Waals surface area contributed by atoms with Crippen LogP contribution in [0.15, 0.2) is 48.5 Å². The molecule has 38 heavy (non-hydrogen) atoms. The Morgan fingerprint density at radius 1 is 1.00 bits per heavy atom. The first-order chi connectivity index (χ1) is 17.9. The third-order valence-electron chi connectivity index (χ3n) is 7.25. The van der Waals surface area contributed by atoms with Crippen molar-refractivity contribution in [3.05, 3.63) is 69.8 Å². The number of benzene rings is 2. The summed E-state index contributed by atoms with van der Waals surface area (Å²) in [6, 6.07) is 11.9. The number of carbonyl (C=O) groups is 3. The van der Waals surface area contributed by atoms with Crippen molar-refractivity contribution >= 4 is 29.3 Å². The highest BCUT2D eigenvalue weighted by Crippen LogP contribution is 2.43. The van der Waals surface area contributed by atoms with Crippen LogP contribution in [0.2, 0.25) is 0 Å². The van der Waals surface area contributed by atoms with Crippen molar-refractivity contribution in [3.8, 4) is 0 Å². The fraction of sp³-hybridized carbons (Fsp3) is 0.464. The van der Waals surface area contributed by atoms with Crippen molar-refractivity contribution in [3.63, 3.8) is 0 Å². The summed E-state index contributed by atoms with van der Waals surface area (Å²) >= 11 is 0. The molecule has 1 saturated carbocycles. The molecule has 2 aromatic carbocycles. The maximum absolute atomic E-state index is 13.0. The molecule has 1 aliphatic carbocycles. The molecule has 0 saturated heterocycles. The minimum atomic E-state index is -0.984. The molecule has 1 atom stereocenters. The van der Waals surface area contributed by atoms with E-state index >= 15 is 0 Å². The first-order valence-corrected chi connectivity index (χ1v) is 12.9. The fourth-order valence-electron chi connectivity index (χ4n) is 4.99. The third-order valence-corrected chi connectivity index (χ3v) is 7.25. The average Bonchev–Trinajstić information content (AvgIpc) is 2.87. The molecule has 204 valence electrons. The Kier molecular flexibility index (Phi) is 9.44. The Balaban J connectivity index is 1.74. The monoisotopic (exact) mass is 524 g/mol. The van der Waals surface area contributed by atoms with Crippen LogP contribution < -0.4 is 16.0 Å². The Labute approximate surface area is 222 Å². The first-order valence-electron chi connectivity index (χ1n) is 12.9. The van der Waals surface area contributed by atoms with Gasteiger partial charge in [-0.05, 0) is 72.8 Å². The van der Waals surface area contributed by atoms with E-state index in [1.807, 2.05) is 12.1 Å². The van der Waals surface area contributed by atoms with E-state index in [4.69, 9.17) is 5.11 Å². The highest BCUT2D eigenvalue weighted by Gasteiger charge is 2.34. The quantitative estimate of drug-likeness (QED) is 0.251. The molecule has 1 unspecified atom stereocenters. The second-order valence-electron chi connectivity index (χ2n) is 10.9. The van der Waals surface area contributed by atoms with Gasteiger partial charge in [0.15, 0.2) is 0 Å². The van der Waals surface area contributed by atoms with Gasteiger partial charge in [0.2, 0.25) is 0 Å². The molecule has 0 bridgehead atoms. The van der Waals surface area contributed by atoms with Crippen molar-refractivity contribution < 1.29 is 24.4 Å². The maximum atomic E-state index is 13.0. The zero-order chi connectivity index (χ0) is 27.9. The molecule has 0 aromatic heterocycles. The predicted molar refractivity (Wildman–Crippen MR) is 144 cm³/mol. The number of nitro benzene ring substituents is 1. The van der Waals surface area contributed by atoms with E-state index in [-0.39, 0.29) is 41.9 Å². The molecule has 2 aromatic rings. The van der Waals surface area contributed by atoms with E-state index in [1.165, 1.54) is 24.3 Å². The standard InChI is InChI=1S/C28H36N4O6/c1-28(2,3)21-10-8-19(9-11-21)25(31-27(36)30-22-12-14-23(15-13-22)32(37)38)18-4-6-20(7-5-18)26(35)29-17-16-24(33)34/h4-7,12-15,19,21,25H,8-11,16-17H2,1-3H3,(H,29,35)(H,33,34)(H2,30,31,36). The number of carbonyl (C=O) groups excluding carboxylic acids is 2. The van der Waals surface area contributed by atoms with E-state index in [1.54, 1.807) is 12.1 Å². The smallest absolute Gasteiger partial charge is 0.319 e. The van der Waals surface area contributed by atoms with E-state index in [0.717, 1.165) is 31.2 Å². The summed E-state index contributed by atoms with van der Waals surface area (Å²) in [6.07, 6.45) is 3.85. The van der Waals surface area contributed by atoms with Crippen molar-refractivity contribution in [2.24, 2.45) is 17.3 Å². The minimum Gasteiger partial charge on any atom is -0.481 e. The Morgan fingerprint density at radius 2 is 1.61 bits per heavy atom. The third kappa shape index (κ3) is 8.03. The van der Waals surface area contributed by atoms with Gasteiger partial charge in [-0.15, -0.1) is 0 Å². The van der Waals surface area contributed by atoms with Crippen LogP contribution in [-0.4, -0.2) is 34.5 Å². The Morgan fingerprint density at radius 3 is 2.13 bits per heavy atom. The highest BCUT2D eigenvalue weighted by molar-refractivity contribution is 5.94. The summed E-state index contributed by atoms with van der Waals surface area (Å²) in [7, 11) is 0. The maximum Gasteiger partial charge on any atom is 0.319 e. The molecule has 4 N–H and O–H groups in total. The van der Waals surface area contributed by atoms with Crippen LogP contribution in [0.4, 0.5) is 16.2 Å². The largest absolute Gasteiger partial charge is 0.481 e. The summed E-state index contributed by atoms with van der Waals surface area (Å²) in [6.45, 7) is 6.81. The topological polar surface area (TPSA) is 151 Å². The van der Waals surface area contributed by atoms with Crippen LogP contribution >= 0.6 is 0 Å². The second-order valence-corrected chi connectivity index (χ2v) is 10.9. The van der Waals surface area contributed by atoms with Gasteiger partial charge < -0.3 is 21.1 Å². The zero-order valence-electron chi connectivity index (χ0n) is 22.0. The molecule has 3 amide bonds. The number of carboxylic acids is 1. The number of amides is 3. The lowest BCUT2D eigenvalue weighted by Gasteiger charge is -2.39. The number of carboxylic acid groups (broad SMARTS) is 1. The molecule has 0 heterocycles. The molecule has 10 heteroatoms. The van der Waals surface area contributed by atoms with Gasteiger partial charge in [-0.3, -0.25) is 19.7 Å². The SMILES string of the molecule is CC(C)(C)C1CCC(C(NC(=O)Nc2ccc([N+](=O)[O-])cc2)c2ccc(C(=O)NCCC(=O)O)cc2)CC1. The van der Waals surface area contributed by atoms with Crippen molar-refractivity contribution in [1.29, 1.82) is 0 Å². The van der Waals surface area contributed by atoms with E-state index in [0.29, 0.717) is 17.2 Å². The number of nitrogens with zero attached hydrogens (tertiary/aromatic N) is 1. The van der Waals surface area contributed by atoms with Crippen LogP contribution in [0.3, 0.4) is 0 Å². The summed E-state index contributed by atoms with van der Waals surface area (Å²) in [5, 5.41) is 28.1. The molecule has 1 fully saturated rings. The first kappa shape index (κ1) is 28.6. The van der Waals surface area contributed by atoms with Gasteiger partial charge in [-0.1, -0.05) is 32.9 Å². The van der Waals surface area contributed by atoms with E-state index in [2.05, 4.69) is 36.7 Å². The van der Waals surface area contributed by atoms with Crippen molar-refractivity contribution in [2.75, 3.05) is 11.9 Å². The Hall–Kier alpha value is -3.95. The number of nitrogens with one attached hydrogen (secondary N) is 3. The normalized spacial score (nSPS) is 18.2. The Bertz CT molecular complexity index is 1130. The number of non-ortho nitro benzene ring substituents is 1. The molecule has 0 radical (unpaired) electrons. The number of rotatable bonds is 9. The molecule has 10 nitrogen and oxygen atoms in total. The summed E-state index contributed by atoms with van der Waals surface area (Å²) < 4.78 is 0. The lowest BCUT2D eigenvalue weighted by Crippen LogP contribution is -2.38. The predicted octanol–water partition coefficient (Wildman–Crippen LogP) is 5.51. The fourth-order valence-corrected chi connectivity index (χ4v) is 4.99.